The Bertz CT molecular complexity index is 465. The molecule has 2 rings (SSSR count). The molecule has 2 heterocycles. The van der Waals surface area contributed by atoms with Crippen molar-refractivity contribution in [2.75, 3.05) is 6.54 Å². The Hall–Kier alpha value is -1.75. The maximum Gasteiger partial charge on any atom is 0.0802 e. The van der Waals surface area contributed by atoms with Crippen molar-refractivity contribution in [3.05, 3.63) is 42.0 Å². The average Bonchev–Trinajstić information content (AvgIpc) is 2.85. The molecule has 0 aromatic carbocycles. The van der Waals surface area contributed by atoms with E-state index in [1.54, 1.807) is 6.20 Å². The Balaban J connectivity index is 2.32. The molecule has 0 bridgehead atoms. The summed E-state index contributed by atoms with van der Waals surface area (Å²) in [6, 6.07) is 4.13. The monoisotopic (exact) mass is 245 g/mol. The molecule has 0 radical (unpaired) electrons. The molecule has 0 aliphatic rings. The fraction of sp³-hybridized carbons (Fsp3) is 0.462. The Morgan fingerprint density at radius 2 is 2.22 bits per heavy atom. The average molecular weight is 245 g/mol. The quantitative estimate of drug-likeness (QED) is 0.843. The van der Waals surface area contributed by atoms with Crippen LogP contribution in [-0.4, -0.2) is 26.5 Å². The van der Waals surface area contributed by atoms with Gasteiger partial charge in [-0.05, 0) is 24.6 Å². The van der Waals surface area contributed by atoms with Crippen LogP contribution in [-0.2, 0) is 6.54 Å². The van der Waals surface area contributed by atoms with Crippen molar-refractivity contribution >= 4 is 0 Å². The van der Waals surface area contributed by atoms with Crippen LogP contribution >= 0.6 is 0 Å². The molecule has 5 heteroatoms. The van der Waals surface area contributed by atoms with Gasteiger partial charge in [-0.2, -0.15) is 0 Å². The van der Waals surface area contributed by atoms with Gasteiger partial charge >= 0.3 is 0 Å². The summed E-state index contributed by atoms with van der Waals surface area (Å²) in [5.41, 5.74) is 2.23. The van der Waals surface area contributed by atoms with Gasteiger partial charge in [-0.15, -0.1) is 5.10 Å². The van der Waals surface area contributed by atoms with Crippen molar-refractivity contribution in [1.82, 2.24) is 25.3 Å². The number of aryl methyl sites for hydroxylation is 1. The van der Waals surface area contributed by atoms with Gasteiger partial charge in [-0.3, -0.25) is 4.98 Å². The Kier molecular flexibility index (Phi) is 4.41. The van der Waals surface area contributed by atoms with E-state index in [2.05, 4.69) is 40.5 Å². The van der Waals surface area contributed by atoms with Gasteiger partial charge in [0.05, 0.1) is 17.9 Å². The minimum absolute atomic E-state index is 0.102. The van der Waals surface area contributed by atoms with E-state index in [-0.39, 0.29) is 6.04 Å². The molecular formula is C13H19N5. The van der Waals surface area contributed by atoms with Gasteiger partial charge in [0.2, 0.25) is 0 Å². The second-order valence-electron chi connectivity index (χ2n) is 4.16. The fourth-order valence-corrected chi connectivity index (χ4v) is 2.02. The predicted molar refractivity (Wildman–Crippen MR) is 70.1 cm³/mol. The summed E-state index contributed by atoms with van der Waals surface area (Å²) in [7, 11) is 0. The van der Waals surface area contributed by atoms with Crippen molar-refractivity contribution in [1.29, 1.82) is 0 Å². The lowest BCUT2D eigenvalue weighted by Gasteiger charge is -2.18. The number of hydrogen-bond donors (Lipinski definition) is 1. The standard InChI is InChI=1S/C13H19N5/c1-3-8-18-12(10-16-17-18)13(15-4-2)11-6-5-7-14-9-11/h5-7,9-10,13,15H,3-4,8H2,1-2H3. The van der Waals surface area contributed by atoms with E-state index in [9.17, 15) is 0 Å². The molecule has 0 aliphatic carbocycles. The number of hydrogen-bond acceptors (Lipinski definition) is 4. The largest absolute Gasteiger partial charge is 0.305 e. The lowest BCUT2D eigenvalue weighted by molar-refractivity contribution is 0.511. The zero-order chi connectivity index (χ0) is 12.8. The molecule has 0 aliphatic heterocycles. The Labute approximate surface area is 107 Å². The minimum Gasteiger partial charge on any atom is -0.305 e. The van der Waals surface area contributed by atoms with Crippen LogP contribution in [0.25, 0.3) is 0 Å². The van der Waals surface area contributed by atoms with E-state index in [4.69, 9.17) is 0 Å². The highest BCUT2D eigenvalue weighted by Crippen LogP contribution is 2.20. The minimum atomic E-state index is 0.102. The summed E-state index contributed by atoms with van der Waals surface area (Å²) in [4.78, 5) is 4.18. The second-order valence-corrected chi connectivity index (χ2v) is 4.16. The third-order valence-electron chi connectivity index (χ3n) is 2.80. The summed E-state index contributed by atoms with van der Waals surface area (Å²) in [5.74, 6) is 0. The summed E-state index contributed by atoms with van der Waals surface area (Å²) < 4.78 is 1.96. The third kappa shape index (κ3) is 2.73. The molecule has 0 spiro atoms. The molecule has 0 amide bonds. The smallest absolute Gasteiger partial charge is 0.0802 e. The van der Waals surface area contributed by atoms with Crippen LogP contribution in [0.15, 0.2) is 30.7 Å². The fourth-order valence-electron chi connectivity index (χ4n) is 2.02. The molecular weight excluding hydrogens is 226 g/mol. The molecule has 1 atom stereocenters. The number of pyridine rings is 1. The molecule has 18 heavy (non-hydrogen) atoms. The Morgan fingerprint density at radius 3 is 2.89 bits per heavy atom. The van der Waals surface area contributed by atoms with Crippen molar-refractivity contribution in [2.45, 2.75) is 32.9 Å². The highest BCUT2D eigenvalue weighted by molar-refractivity contribution is 5.23. The van der Waals surface area contributed by atoms with E-state index in [0.717, 1.165) is 30.8 Å². The molecule has 0 fully saturated rings. The van der Waals surface area contributed by atoms with Crippen molar-refractivity contribution in [2.24, 2.45) is 0 Å². The Morgan fingerprint density at radius 1 is 1.33 bits per heavy atom. The van der Waals surface area contributed by atoms with Crippen LogP contribution in [0.3, 0.4) is 0 Å². The van der Waals surface area contributed by atoms with E-state index in [0.29, 0.717) is 0 Å². The second kappa shape index (κ2) is 6.26. The molecule has 1 unspecified atom stereocenters. The molecule has 1 N–H and O–H groups in total. The lowest BCUT2D eigenvalue weighted by Crippen LogP contribution is -2.25. The molecule has 0 saturated carbocycles. The maximum atomic E-state index is 4.18. The zero-order valence-corrected chi connectivity index (χ0v) is 10.9. The highest BCUT2D eigenvalue weighted by Gasteiger charge is 2.17. The summed E-state index contributed by atoms with van der Waals surface area (Å²) >= 11 is 0. The van der Waals surface area contributed by atoms with Crippen molar-refractivity contribution < 1.29 is 0 Å². The summed E-state index contributed by atoms with van der Waals surface area (Å²) in [5, 5.41) is 11.6. The summed E-state index contributed by atoms with van der Waals surface area (Å²) in [6.07, 6.45) is 6.54. The van der Waals surface area contributed by atoms with Crippen molar-refractivity contribution in [3.8, 4) is 0 Å². The van der Waals surface area contributed by atoms with E-state index < -0.39 is 0 Å². The topological polar surface area (TPSA) is 55.6 Å². The molecule has 2 aromatic rings. The van der Waals surface area contributed by atoms with Gasteiger partial charge < -0.3 is 5.32 Å². The van der Waals surface area contributed by atoms with E-state index >= 15 is 0 Å². The predicted octanol–water partition coefficient (Wildman–Crippen LogP) is 1.78. The number of nitrogens with zero attached hydrogens (tertiary/aromatic N) is 4. The SMILES string of the molecule is CCCn1nncc1C(NCC)c1cccnc1. The van der Waals surface area contributed by atoms with Crippen LogP contribution in [0.2, 0.25) is 0 Å². The van der Waals surface area contributed by atoms with Crippen LogP contribution < -0.4 is 5.32 Å². The van der Waals surface area contributed by atoms with Crippen molar-refractivity contribution in [3.63, 3.8) is 0 Å². The van der Waals surface area contributed by atoms with E-state index in [1.165, 1.54) is 0 Å². The normalized spacial score (nSPS) is 12.6. The van der Waals surface area contributed by atoms with Gasteiger partial charge in [0.15, 0.2) is 0 Å². The first-order valence-electron chi connectivity index (χ1n) is 6.38. The summed E-state index contributed by atoms with van der Waals surface area (Å²) in [6.45, 7) is 6.00. The first-order chi connectivity index (χ1) is 8.86. The first kappa shape index (κ1) is 12.7. The van der Waals surface area contributed by atoms with Crippen LogP contribution in [0.5, 0.6) is 0 Å². The van der Waals surface area contributed by atoms with Gasteiger partial charge in [0, 0.05) is 18.9 Å². The molecule has 96 valence electrons. The number of nitrogens with one attached hydrogen (secondary N) is 1. The van der Waals surface area contributed by atoms with E-state index in [1.807, 2.05) is 23.1 Å². The number of aromatic nitrogens is 4. The highest BCUT2D eigenvalue weighted by atomic mass is 15.4. The zero-order valence-electron chi connectivity index (χ0n) is 10.9. The first-order valence-corrected chi connectivity index (χ1v) is 6.38. The van der Waals surface area contributed by atoms with Crippen LogP contribution in [0, 0.1) is 0 Å². The number of rotatable bonds is 6. The van der Waals surface area contributed by atoms with Crippen LogP contribution in [0.1, 0.15) is 37.6 Å². The molecule has 5 nitrogen and oxygen atoms in total. The van der Waals surface area contributed by atoms with Gasteiger partial charge in [-0.1, -0.05) is 25.1 Å². The van der Waals surface area contributed by atoms with Crippen LogP contribution in [0.4, 0.5) is 0 Å². The van der Waals surface area contributed by atoms with Gasteiger partial charge in [-0.25, -0.2) is 4.68 Å². The maximum absolute atomic E-state index is 4.18. The van der Waals surface area contributed by atoms with Gasteiger partial charge in [0.25, 0.3) is 0 Å². The lowest BCUT2D eigenvalue weighted by atomic mass is 10.1. The third-order valence-corrected chi connectivity index (χ3v) is 2.80. The van der Waals surface area contributed by atoms with Gasteiger partial charge in [0.1, 0.15) is 0 Å². The molecule has 0 saturated heterocycles. The molecule has 2 aromatic heterocycles.